The van der Waals surface area contributed by atoms with E-state index in [9.17, 15) is 4.79 Å². The maximum Gasteiger partial charge on any atom is 0.270 e. The van der Waals surface area contributed by atoms with E-state index in [-0.39, 0.29) is 5.91 Å². The zero-order valence-corrected chi connectivity index (χ0v) is 21.3. The van der Waals surface area contributed by atoms with Crippen molar-refractivity contribution in [3.05, 3.63) is 74.7 Å². The summed E-state index contributed by atoms with van der Waals surface area (Å²) in [7, 11) is 1.64. The quantitative estimate of drug-likeness (QED) is 0.206. The Morgan fingerprint density at radius 1 is 1.12 bits per heavy atom. The lowest BCUT2D eigenvalue weighted by Crippen LogP contribution is -2.25. The monoisotopic (exact) mass is 533 g/mol. The molecule has 0 aliphatic heterocycles. The van der Waals surface area contributed by atoms with Crippen molar-refractivity contribution in [2.24, 2.45) is 0 Å². The van der Waals surface area contributed by atoms with Crippen LogP contribution in [0.25, 0.3) is 17.1 Å². The number of aromatic nitrogens is 4. The molecular weight excluding hydrogens is 513 g/mol. The van der Waals surface area contributed by atoms with Crippen LogP contribution in [-0.2, 0) is 10.5 Å². The fraction of sp³-hybridized carbons (Fsp3) is 0.217. The molecule has 176 valence electrons. The number of amides is 1. The first-order valence-electron chi connectivity index (χ1n) is 10.4. The molecule has 4 aromatic rings. The predicted octanol–water partition coefficient (Wildman–Crippen LogP) is 5.76. The number of carbonyl (C=O) groups is 1. The van der Waals surface area contributed by atoms with Crippen LogP contribution in [0.3, 0.4) is 0 Å². The van der Waals surface area contributed by atoms with Crippen molar-refractivity contribution < 1.29 is 9.53 Å². The summed E-state index contributed by atoms with van der Waals surface area (Å²) in [5.74, 6) is 0.924. The van der Waals surface area contributed by atoms with E-state index in [0.717, 1.165) is 22.7 Å². The molecule has 2 heterocycles. The van der Waals surface area contributed by atoms with Crippen LogP contribution >= 0.6 is 46.3 Å². The van der Waals surface area contributed by atoms with Crippen molar-refractivity contribution in [3.63, 3.8) is 0 Å². The van der Waals surface area contributed by atoms with Crippen molar-refractivity contribution in [3.8, 4) is 17.1 Å². The van der Waals surface area contributed by atoms with Crippen molar-refractivity contribution in [2.75, 3.05) is 20.3 Å². The standard InChI is InChI=1S/C23H21Cl2N5O2S2/c1-32-12-6-11-26-22(31)18-13-33-20(27-18)14-34-23-29-28-21(15-7-2-3-8-16(15)24)30(23)19-10-5-4-9-17(19)25/h2-5,7-10,13H,6,11-12,14H2,1H3,(H,26,31). The van der Waals surface area contributed by atoms with Gasteiger partial charge in [-0.25, -0.2) is 4.98 Å². The van der Waals surface area contributed by atoms with Crippen LogP contribution in [0.1, 0.15) is 21.9 Å². The van der Waals surface area contributed by atoms with Crippen LogP contribution in [0.5, 0.6) is 0 Å². The molecule has 0 saturated heterocycles. The Labute approximate surface area is 215 Å². The molecule has 2 aromatic carbocycles. The number of para-hydroxylation sites is 1. The number of carbonyl (C=O) groups excluding carboxylic acids is 1. The molecule has 0 aliphatic carbocycles. The number of nitrogens with one attached hydrogen (secondary N) is 1. The first-order valence-corrected chi connectivity index (χ1v) is 13.0. The number of thioether (sulfide) groups is 1. The van der Waals surface area contributed by atoms with Gasteiger partial charge in [0.2, 0.25) is 0 Å². The summed E-state index contributed by atoms with van der Waals surface area (Å²) < 4.78 is 6.89. The summed E-state index contributed by atoms with van der Waals surface area (Å²) in [6, 6.07) is 15.0. The first kappa shape index (κ1) is 24.7. The second-order valence-electron chi connectivity index (χ2n) is 7.09. The largest absolute Gasteiger partial charge is 0.385 e. The van der Waals surface area contributed by atoms with Gasteiger partial charge in [-0.15, -0.1) is 21.5 Å². The number of hydrogen-bond acceptors (Lipinski definition) is 7. The minimum atomic E-state index is -0.191. The smallest absolute Gasteiger partial charge is 0.270 e. The normalized spacial score (nSPS) is 11.0. The first-order chi connectivity index (χ1) is 16.6. The van der Waals surface area contributed by atoms with Gasteiger partial charge < -0.3 is 10.1 Å². The third kappa shape index (κ3) is 5.79. The minimum Gasteiger partial charge on any atom is -0.385 e. The molecule has 7 nitrogen and oxygen atoms in total. The third-order valence-corrected chi connectivity index (χ3v) is 7.38. The highest BCUT2D eigenvalue weighted by Gasteiger charge is 2.20. The Morgan fingerprint density at radius 2 is 1.88 bits per heavy atom. The average molecular weight is 534 g/mol. The molecular formula is C23H21Cl2N5O2S2. The van der Waals surface area contributed by atoms with Crippen molar-refractivity contribution in [2.45, 2.75) is 17.3 Å². The average Bonchev–Trinajstić information content (AvgIpc) is 3.48. The number of rotatable bonds is 10. The van der Waals surface area contributed by atoms with E-state index in [0.29, 0.717) is 45.6 Å². The molecule has 0 atom stereocenters. The van der Waals surface area contributed by atoms with E-state index in [1.807, 2.05) is 53.1 Å². The highest BCUT2D eigenvalue weighted by atomic mass is 35.5. The van der Waals surface area contributed by atoms with Crippen molar-refractivity contribution >= 4 is 52.2 Å². The Bertz CT molecular complexity index is 1280. The number of hydrogen-bond donors (Lipinski definition) is 1. The summed E-state index contributed by atoms with van der Waals surface area (Å²) in [6.45, 7) is 1.14. The van der Waals surface area contributed by atoms with Gasteiger partial charge in [0.25, 0.3) is 5.91 Å². The second-order valence-corrected chi connectivity index (χ2v) is 9.79. The summed E-state index contributed by atoms with van der Waals surface area (Å²) in [5, 5.41) is 16.0. The second kappa shape index (κ2) is 11.8. The van der Waals surface area contributed by atoms with Gasteiger partial charge in [-0.1, -0.05) is 59.2 Å². The molecule has 4 rings (SSSR count). The molecule has 34 heavy (non-hydrogen) atoms. The van der Waals surface area contributed by atoms with Crippen molar-refractivity contribution in [1.82, 2.24) is 25.1 Å². The number of methoxy groups -OCH3 is 1. The zero-order chi connectivity index (χ0) is 23.9. The van der Waals surface area contributed by atoms with Crippen LogP contribution in [0.15, 0.2) is 59.1 Å². The van der Waals surface area contributed by atoms with Gasteiger partial charge in [0.05, 0.1) is 21.5 Å². The predicted molar refractivity (Wildman–Crippen MR) is 137 cm³/mol. The van der Waals surface area contributed by atoms with Gasteiger partial charge in [-0.2, -0.15) is 0 Å². The van der Waals surface area contributed by atoms with E-state index in [2.05, 4.69) is 20.5 Å². The number of thiazole rings is 1. The van der Waals surface area contributed by atoms with Gasteiger partial charge in [0, 0.05) is 31.2 Å². The molecule has 0 radical (unpaired) electrons. The fourth-order valence-corrected chi connectivity index (χ4v) is 5.32. The zero-order valence-electron chi connectivity index (χ0n) is 18.2. The van der Waals surface area contributed by atoms with E-state index < -0.39 is 0 Å². The maximum atomic E-state index is 12.3. The van der Waals surface area contributed by atoms with Gasteiger partial charge in [-0.3, -0.25) is 9.36 Å². The minimum absolute atomic E-state index is 0.191. The van der Waals surface area contributed by atoms with E-state index >= 15 is 0 Å². The molecule has 2 aromatic heterocycles. The van der Waals surface area contributed by atoms with Crippen LogP contribution in [0.4, 0.5) is 0 Å². The number of halogens is 2. The highest BCUT2D eigenvalue weighted by Crippen LogP contribution is 2.35. The van der Waals surface area contributed by atoms with Crippen LogP contribution in [-0.4, -0.2) is 45.9 Å². The third-order valence-electron chi connectivity index (χ3n) is 4.76. The number of ether oxygens (including phenoxy) is 1. The van der Waals surface area contributed by atoms with E-state index in [4.69, 9.17) is 27.9 Å². The summed E-state index contributed by atoms with van der Waals surface area (Å²) in [5.41, 5.74) is 1.91. The Morgan fingerprint density at radius 3 is 2.65 bits per heavy atom. The van der Waals surface area contributed by atoms with Crippen LogP contribution in [0.2, 0.25) is 10.0 Å². The molecule has 0 unspecified atom stereocenters. The SMILES string of the molecule is COCCCNC(=O)c1csc(CSc2nnc(-c3ccccc3Cl)n2-c2ccccc2Cl)n1. The maximum absolute atomic E-state index is 12.3. The van der Waals surface area contributed by atoms with Gasteiger partial charge in [0.1, 0.15) is 10.7 Å². The lowest BCUT2D eigenvalue weighted by molar-refractivity contribution is 0.0944. The summed E-state index contributed by atoms with van der Waals surface area (Å²) >= 11 is 15.9. The Hall–Kier alpha value is -2.43. The van der Waals surface area contributed by atoms with Gasteiger partial charge in [0.15, 0.2) is 11.0 Å². The Kier molecular flexibility index (Phi) is 8.58. The topological polar surface area (TPSA) is 81.9 Å². The molecule has 1 amide bonds. The highest BCUT2D eigenvalue weighted by molar-refractivity contribution is 7.98. The lowest BCUT2D eigenvalue weighted by atomic mass is 10.2. The Balaban J connectivity index is 1.56. The molecule has 0 saturated carbocycles. The summed E-state index contributed by atoms with van der Waals surface area (Å²) in [6.07, 6.45) is 0.751. The number of nitrogens with zero attached hydrogens (tertiary/aromatic N) is 4. The molecule has 1 N–H and O–H groups in total. The summed E-state index contributed by atoms with van der Waals surface area (Å²) in [4.78, 5) is 16.8. The fourth-order valence-electron chi connectivity index (χ4n) is 3.15. The van der Waals surface area contributed by atoms with Crippen molar-refractivity contribution in [1.29, 1.82) is 0 Å². The van der Waals surface area contributed by atoms with Gasteiger partial charge in [-0.05, 0) is 30.7 Å². The molecule has 0 spiro atoms. The van der Waals surface area contributed by atoms with Crippen LogP contribution < -0.4 is 5.32 Å². The van der Waals surface area contributed by atoms with E-state index in [1.54, 1.807) is 12.5 Å². The van der Waals surface area contributed by atoms with Gasteiger partial charge >= 0.3 is 0 Å². The molecule has 0 aliphatic rings. The molecule has 0 bridgehead atoms. The number of benzene rings is 2. The lowest BCUT2D eigenvalue weighted by Gasteiger charge is -2.12. The molecule has 11 heteroatoms. The van der Waals surface area contributed by atoms with E-state index in [1.165, 1.54) is 23.1 Å². The van der Waals surface area contributed by atoms with Crippen LogP contribution in [0, 0.1) is 0 Å². The molecule has 0 fully saturated rings.